The summed E-state index contributed by atoms with van der Waals surface area (Å²) in [6.45, 7) is 1.82. The van der Waals surface area contributed by atoms with E-state index in [2.05, 4.69) is 78.6 Å². The third-order valence-corrected chi connectivity index (χ3v) is 5.60. The predicted octanol–water partition coefficient (Wildman–Crippen LogP) is 3.65. The topological polar surface area (TPSA) is 64.3 Å². The fourth-order valence-electron chi connectivity index (χ4n) is 2.35. The molecule has 1 aromatic heterocycles. The SMILES string of the molecule is CSc1cc[n+](-c2ccc(N(C)C)cc2)cc1.Cc1ccc(S(=O)(=O)[O-])cc1. The van der Waals surface area contributed by atoms with Gasteiger partial charge in [0, 0.05) is 48.9 Å². The molecular weight excluding hydrogens is 392 g/mol. The van der Waals surface area contributed by atoms with Crippen molar-refractivity contribution in [1.29, 1.82) is 0 Å². The molecule has 5 nitrogen and oxygen atoms in total. The Balaban J connectivity index is 0.000000221. The second kappa shape index (κ2) is 9.73. The molecule has 3 aromatic rings. The third kappa shape index (κ3) is 6.37. The maximum atomic E-state index is 10.4. The van der Waals surface area contributed by atoms with Gasteiger partial charge in [-0.2, -0.15) is 4.57 Å². The second-order valence-electron chi connectivity index (χ2n) is 6.32. The van der Waals surface area contributed by atoms with E-state index in [-0.39, 0.29) is 4.90 Å². The van der Waals surface area contributed by atoms with E-state index < -0.39 is 10.1 Å². The molecule has 0 radical (unpaired) electrons. The maximum absolute atomic E-state index is 10.4. The number of anilines is 1. The van der Waals surface area contributed by atoms with Gasteiger partial charge in [0.2, 0.25) is 5.69 Å². The number of aromatic nitrogens is 1. The highest BCUT2D eigenvalue weighted by Crippen LogP contribution is 2.14. The van der Waals surface area contributed by atoms with Crippen molar-refractivity contribution in [3.8, 4) is 5.69 Å². The Bertz CT molecular complexity index is 983. The fourth-order valence-corrected chi connectivity index (χ4v) is 3.21. The summed E-state index contributed by atoms with van der Waals surface area (Å²) in [7, 11) is -0.168. The van der Waals surface area contributed by atoms with E-state index in [0.29, 0.717) is 0 Å². The summed E-state index contributed by atoms with van der Waals surface area (Å²) in [5.74, 6) is 0. The van der Waals surface area contributed by atoms with Crippen LogP contribution in [-0.2, 0) is 10.1 Å². The van der Waals surface area contributed by atoms with Crippen molar-refractivity contribution in [3.63, 3.8) is 0 Å². The number of pyridine rings is 1. The van der Waals surface area contributed by atoms with Crippen LogP contribution in [0.15, 0.2) is 82.8 Å². The Kier molecular flexibility index (Phi) is 7.62. The molecule has 2 aromatic carbocycles. The van der Waals surface area contributed by atoms with Gasteiger partial charge in [-0.1, -0.05) is 17.7 Å². The van der Waals surface area contributed by atoms with Gasteiger partial charge in [-0.05, 0) is 37.4 Å². The molecule has 7 heteroatoms. The minimum Gasteiger partial charge on any atom is -0.744 e. The summed E-state index contributed by atoms with van der Waals surface area (Å²) in [4.78, 5) is 3.21. The van der Waals surface area contributed by atoms with Gasteiger partial charge >= 0.3 is 0 Å². The van der Waals surface area contributed by atoms with Gasteiger partial charge in [-0.3, -0.25) is 0 Å². The zero-order valence-corrected chi connectivity index (χ0v) is 18.0. The quantitative estimate of drug-likeness (QED) is 0.369. The zero-order valence-electron chi connectivity index (χ0n) is 16.4. The van der Waals surface area contributed by atoms with Gasteiger partial charge in [0.05, 0.1) is 4.90 Å². The van der Waals surface area contributed by atoms with Crippen LogP contribution in [0.25, 0.3) is 5.69 Å². The fraction of sp³-hybridized carbons (Fsp3) is 0.190. The highest BCUT2D eigenvalue weighted by atomic mass is 32.2. The van der Waals surface area contributed by atoms with Crippen LogP contribution in [0.4, 0.5) is 5.69 Å². The van der Waals surface area contributed by atoms with Gasteiger partial charge in [0.15, 0.2) is 12.4 Å². The maximum Gasteiger partial charge on any atom is 0.210 e. The van der Waals surface area contributed by atoms with Crippen molar-refractivity contribution in [2.24, 2.45) is 0 Å². The highest BCUT2D eigenvalue weighted by Gasteiger charge is 2.05. The van der Waals surface area contributed by atoms with Crippen molar-refractivity contribution in [2.45, 2.75) is 16.7 Å². The molecule has 0 aliphatic rings. The van der Waals surface area contributed by atoms with Gasteiger partial charge < -0.3 is 9.45 Å². The van der Waals surface area contributed by atoms with E-state index in [4.69, 9.17) is 0 Å². The molecule has 0 fully saturated rings. The molecule has 3 rings (SSSR count). The van der Waals surface area contributed by atoms with Crippen LogP contribution in [0, 0.1) is 6.92 Å². The first-order valence-electron chi connectivity index (χ1n) is 8.56. The minimum atomic E-state index is -4.27. The van der Waals surface area contributed by atoms with Gasteiger partial charge in [-0.15, -0.1) is 11.8 Å². The summed E-state index contributed by atoms with van der Waals surface area (Å²) >= 11 is 1.76. The Morgan fingerprint density at radius 2 is 1.43 bits per heavy atom. The monoisotopic (exact) mass is 416 g/mol. The van der Waals surface area contributed by atoms with E-state index >= 15 is 0 Å². The average molecular weight is 417 g/mol. The van der Waals surface area contributed by atoms with E-state index in [9.17, 15) is 13.0 Å². The first-order chi connectivity index (χ1) is 13.2. The smallest absolute Gasteiger partial charge is 0.210 e. The number of hydrogen-bond donors (Lipinski definition) is 0. The molecule has 0 N–H and O–H groups in total. The minimum absolute atomic E-state index is 0.178. The molecule has 0 unspecified atom stereocenters. The standard InChI is InChI=1S/C14H17N2S.C7H8O3S/c1-15(2)12-4-6-13(7-5-12)16-10-8-14(17-3)9-11-16;1-6-2-4-7(5-3-6)11(8,9)10/h4-11H,1-3H3;2-5H,1H3,(H,8,9,10)/q+1;/p-1. The summed E-state index contributed by atoms with van der Waals surface area (Å²) < 4.78 is 33.3. The number of aryl methyl sites for hydroxylation is 1. The lowest BCUT2D eigenvalue weighted by molar-refractivity contribution is -0.596. The van der Waals surface area contributed by atoms with Gasteiger partial charge in [0.25, 0.3) is 0 Å². The number of benzene rings is 2. The van der Waals surface area contributed by atoms with Crippen LogP contribution < -0.4 is 9.47 Å². The number of nitrogens with zero attached hydrogens (tertiary/aromatic N) is 2. The van der Waals surface area contributed by atoms with E-state index in [1.54, 1.807) is 23.9 Å². The molecule has 0 saturated heterocycles. The van der Waals surface area contributed by atoms with Gasteiger partial charge in [-0.25, -0.2) is 8.42 Å². The molecular formula is C21H24N2O3S2. The summed E-state index contributed by atoms with van der Waals surface area (Å²) in [5, 5.41) is 0. The molecule has 0 bridgehead atoms. The van der Waals surface area contributed by atoms with Gasteiger partial charge in [0.1, 0.15) is 10.1 Å². The summed E-state index contributed by atoms with van der Waals surface area (Å²) in [6.07, 6.45) is 6.28. The number of rotatable bonds is 4. The Labute approximate surface area is 171 Å². The first-order valence-corrected chi connectivity index (χ1v) is 11.2. The summed E-state index contributed by atoms with van der Waals surface area (Å²) in [5.41, 5.74) is 3.33. The summed E-state index contributed by atoms with van der Waals surface area (Å²) in [6, 6.07) is 18.6. The van der Waals surface area contributed by atoms with Crippen LogP contribution in [0.2, 0.25) is 0 Å². The Morgan fingerprint density at radius 3 is 1.86 bits per heavy atom. The Morgan fingerprint density at radius 1 is 0.893 bits per heavy atom. The van der Waals surface area contributed by atoms with E-state index in [1.807, 2.05) is 6.92 Å². The molecule has 0 amide bonds. The lowest BCUT2D eigenvalue weighted by Gasteiger charge is -2.11. The van der Waals surface area contributed by atoms with Crippen molar-refractivity contribution < 1.29 is 17.5 Å². The van der Waals surface area contributed by atoms with Crippen LogP contribution >= 0.6 is 11.8 Å². The van der Waals surface area contributed by atoms with E-state index in [0.717, 1.165) is 5.56 Å². The highest BCUT2D eigenvalue weighted by molar-refractivity contribution is 7.98. The van der Waals surface area contributed by atoms with Crippen molar-refractivity contribution in [1.82, 2.24) is 0 Å². The molecule has 1 heterocycles. The molecule has 0 saturated carbocycles. The Hall–Kier alpha value is -2.35. The molecule has 0 aliphatic carbocycles. The van der Waals surface area contributed by atoms with Crippen LogP contribution in [0.5, 0.6) is 0 Å². The molecule has 0 aliphatic heterocycles. The number of hydrogen-bond acceptors (Lipinski definition) is 5. The van der Waals surface area contributed by atoms with Crippen LogP contribution in [0.3, 0.4) is 0 Å². The third-order valence-electron chi connectivity index (χ3n) is 4.01. The van der Waals surface area contributed by atoms with Crippen molar-refractivity contribution >= 4 is 27.6 Å². The molecule has 0 atom stereocenters. The number of thioether (sulfide) groups is 1. The molecule has 148 valence electrons. The lowest BCUT2D eigenvalue weighted by Crippen LogP contribution is -2.29. The van der Waals surface area contributed by atoms with Crippen molar-refractivity contribution in [3.05, 3.63) is 78.6 Å². The zero-order chi connectivity index (χ0) is 20.7. The lowest BCUT2D eigenvalue weighted by atomic mass is 10.2. The largest absolute Gasteiger partial charge is 0.744 e. The van der Waals surface area contributed by atoms with E-state index in [1.165, 1.54) is 28.4 Å². The normalized spacial score (nSPS) is 10.8. The molecule has 28 heavy (non-hydrogen) atoms. The van der Waals surface area contributed by atoms with Crippen LogP contribution in [-0.4, -0.2) is 33.3 Å². The van der Waals surface area contributed by atoms with Crippen LogP contribution in [0.1, 0.15) is 5.56 Å². The predicted molar refractivity (Wildman–Crippen MR) is 113 cm³/mol. The molecule has 0 spiro atoms. The van der Waals surface area contributed by atoms with Crippen molar-refractivity contribution in [2.75, 3.05) is 25.3 Å². The second-order valence-corrected chi connectivity index (χ2v) is 8.58. The first kappa shape index (κ1) is 21.9. The average Bonchev–Trinajstić information content (AvgIpc) is 2.68.